The molecule has 0 aromatic heterocycles. The van der Waals surface area contributed by atoms with Gasteiger partial charge in [-0.3, -0.25) is 4.79 Å². The maximum absolute atomic E-state index is 12.8. The Morgan fingerprint density at radius 1 is 1.18 bits per heavy atom. The molecule has 2 saturated heterocycles. The number of hydrogen-bond acceptors (Lipinski definition) is 2. The van der Waals surface area contributed by atoms with E-state index in [1.54, 1.807) is 0 Å². The summed E-state index contributed by atoms with van der Waals surface area (Å²) < 4.78 is 5.92. The minimum Gasteiger partial charge on any atom is -0.375 e. The molecule has 0 unspecified atom stereocenters. The average Bonchev–Trinajstić information content (AvgIpc) is 2.92. The van der Waals surface area contributed by atoms with Crippen molar-refractivity contribution >= 4 is 16.7 Å². The van der Waals surface area contributed by atoms with Gasteiger partial charge in [-0.25, -0.2) is 0 Å². The summed E-state index contributed by atoms with van der Waals surface area (Å²) >= 11 is 0. The number of benzene rings is 2. The maximum atomic E-state index is 12.8. The van der Waals surface area contributed by atoms with Gasteiger partial charge in [-0.1, -0.05) is 30.3 Å². The van der Waals surface area contributed by atoms with Gasteiger partial charge in [0.25, 0.3) is 5.91 Å². The topological polar surface area (TPSA) is 29.5 Å². The summed E-state index contributed by atoms with van der Waals surface area (Å²) in [4.78, 5) is 14.8. The molecule has 0 aliphatic carbocycles. The third-order valence-corrected chi connectivity index (χ3v) is 4.99. The second-order valence-electron chi connectivity index (χ2n) is 6.58. The van der Waals surface area contributed by atoms with Gasteiger partial charge in [-0.15, -0.1) is 0 Å². The number of carbonyl (C=O) groups excluding carboxylic acids is 1. The molecule has 0 N–H and O–H groups in total. The molecule has 2 heterocycles. The van der Waals surface area contributed by atoms with Crippen LogP contribution in [0.15, 0.2) is 42.5 Å². The van der Waals surface area contributed by atoms with E-state index in [1.807, 2.05) is 35.2 Å². The molecule has 2 aliphatic rings. The van der Waals surface area contributed by atoms with Crippen molar-refractivity contribution in [3.63, 3.8) is 0 Å². The van der Waals surface area contributed by atoms with Crippen molar-refractivity contribution in [3.8, 4) is 0 Å². The summed E-state index contributed by atoms with van der Waals surface area (Å²) in [5, 5.41) is 2.30. The first-order chi connectivity index (χ1) is 10.7. The highest BCUT2D eigenvalue weighted by molar-refractivity contribution is 5.98. The van der Waals surface area contributed by atoms with E-state index < -0.39 is 0 Å². The zero-order chi connectivity index (χ0) is 15.1. The van der Waals surface area contributed by atoms with Crippen LogP contribution in [-0.4, -0.2) is 36.1 Å². The molecule has 4 rings (SSSR count). The van der Waals surface area contributed by atoms with E-state index in [2.05, 4.69) is 19.1 Å². The lowest BCUT2D eigenvalue weighted by atomic mass is 9.92. The zero-order valence-corrected chi connectivity index (χ0v) is 12.9. The number of rotatable bonds is 1. The molecule has 0 bridgehead atoms. The van der Waals surface area contributed by atoms with Crippen LogP contribution in [0.2, 0.25) is 0 Å². The lowest BCUT2D eigenvalue weighted by molar-refractivity contribution is 0.00865. The average molecular weight is 295 g/mol. The van der Waals surface area contributed by atoms with Crippen LogP contribution in [0.25, 0.3) is 10.8 Å². The largest absolute Gasteiger partial charge is 0.375 e. The fraction of sp³-hybridized carbons (Fsp3) is 0.421. The fourth-order valence-electron chi connectivity index (χ4n) is 3.89. The van der Waals surface area contributed by atoms with Crippen LogP contribution in [0.5, 0.6) is 0 Å². The van der Waals surface area contributed by atoms with E-state index in [4.69, 9.17) is 4.74 Å². The third kappa shape index (κ3) is 2.40. The minimum atomic E-state index is 0.156. The van der Waals surface area contributed by atoms with E-state index in [0.717, 1.165) is 36.9 Å². The summed E-state index contributed by atoms with van der Waals surface area (Å²) in [5.74, 6) is 0.664. The molecule has 22 heavy (non-hydrogen) atoms. The molecular formula is C19H21NO2. The molecule has 0 spiro atoms. The van der Waals surface area contributed by atoms with Gasteiger partial charge in [-0.2, -0.15) is 0 Å². The molecule has 3 heteroatoms. The molecule has 114 valence electrons. The van der Waals surface area contributed by atoms with Crippen LogP contribution in [0.1, 0.15) is 30.1 Å². The Kier molecular flexibility index (Phi) is 3.38. The third-order valence-electron chi connectivity index (χ3n) is 4.99. The van der Waals surface area contributed by atoms with Gasteiger partial charge in [0.05, 0.1) is 12.2 Å². The summed E-state index contributed by atoms with van der Waals surface area (Å²) in [5.41, 5.74) is 0.795. The molecule has 3 nitrogen and oxygen atoms in total. The highest BCUT2D eigenvalue weighted by atomic mass is 16.5. The molecule has 2 aromatic carbocycles. The number of amides is 1. The maximum Gasteiger partial charge on any atom is 0.253 e. The first kappa shape index (κ1) is 13.8. The van der Waals surface area contributed by atoms with Crippen LogP contribution in [0, 0.1) is 5.92 Å². The van der Waals surface area contributed by atoms with Crippen molar-refractivity contribution in [2.24, 2.45) is 5.92 Å². The number of likely N-dealkylation sites (tertiary alicyclic amines) is 1. The lowest BCUT2D eigenvalue weighted by Crippen LogP contribution is -2.44. The quantitative estimate of drug-likeness (QED) is 0.806. The summed E-state index contributed by atoms with van der Waals surface area (Å²) in [6, 6.07) is 14.2. The highest BCUT2D eigenvalue weighted by Crippen LogP contribution is 2.33. The van der Waals surface area contributed by atoms with Crippen molar-refractivity contribution in [1.82, 2.24) is 4.90 Å². The van der Waals surface area contributed by atoms with Gasteiger partial charge >= 0.3 is 0 Å². The smallest absolute Gasteiger partial charge is 0.253 e. The van der Waals surface area contributed by atoms with Crippen molar-refractivity contribution in [2.75, 3.05) is 13.1 Å². The Hall–Kier alpha value is -1.87. The van der Waals surface area contributed by atoms with E-state index in [0.29, 0.717) is 18.1 Å². The molecule has 0 radical (unpaired) electrons. The van der Waals surface area contributed by atoms with Crippen molar-refractivity contribution in [1.29, 1.82) is 0 Å². The zero-order valence-electron chi connectivity index (χ0n) is 12.9. The SMILES string of the molecule is C[C@@H]1C[C@@H]2CN(C(=O)c3ccc4ccccc4c3)CC[C@@H]2O1. The number of hydrogen-bond donors (Lipinski definition) is 0. The van der Waals surface area contributed by atoms with Crippen molar-refractivity contribution < 1.29 is 9.53 Å². The standard InChI is InChI=1S/C19H21NO2/c1-13-10-17-12-20(9-8-18(17)22-13)19(21)16-7-6-14-4-2-3-5-15(14)11-16/h2-7,11,13,17-18H,8-10,12H2,1H3/t13-,17-,18+/m1/s1. The number of piperidine rings is 1. The van der Waals surface area contributed by atoms with Gasteiger partial charge in [0.15, 0.2) is 0 Å². The summed E-state index contributed by atoms with van der Waals surface area (Å²) in [6.07, 6.45) is 2.74. The summed E-state index contributed by atoms with van der Waals surface area (Å²) in [6.45, 7) is 3.77. The first-order valence-electron chi connectivity index (χ1n) is 8.14. The number of fused-ring (bicyclic) bond motifs is 2. The van der Waals surface area contributed by atoms with Gasteiger partial charge in [0.2, 0.25) is 0 Å². The number of nitrogens with zero attached hydrogens (tertiary/aromatic N) is 1. The monoisotopic (exact) mass is 295 g/mol. The Bertz CT molecular complexity index is 711. The lowest BCUT2D eigenvalue weighted by Gasteiger charge is -2.34. The first-order valence-corrected chi connectivity index (χ1v) is 8.14. The number of ether oxygens (including phenoxy) is 1. The van der Waals surface area contributed by atoms with Crippen LogP contribution >= 0.6 is 0 Å². The second-order valence-corrected chi connectivity index (χ2v) is 6.58. The van der Waals surface area contributed by atoms with E-state index >= 15 is 0 Å². The van der Waals surface area contributed by atoms with Crippen LogP contribution in [-0.2, 0) is 4.74 Å². The Balaban J connectivity index is 1.55. The fourth-order valence-corrected chi connectivity index (χ4v) is 3.89. The molecule has 2 aromatic rings. The molecule has 3 atom stereocenters. The molecule has 2 fully saturated rings. The van der Waals surface area contributed by atoms with E-state index in [1.165, 1.54) is 5.39 Å². The van der Waals surface area contributed by atoms with Crippen LogP contribution in [0.3, 0.4) is 0 Å². The Morgan fingerprint density at radius 2 is 2.00 bits per heavy atom. The van der Waals surface area contributed by atoms with Gasteiger partial charge in [0.1, 0.15) is 0 Å². The second kappa shape index (κ2) is 5.40. The minimum absolute atomic E-state index is 0.156. The summed E-state index contributed by atoms with van der Waals surface area (Å²) in [7, 11) is 0. The van der Waals surface area contributed by atoms with Gasteiger partial charge < -0.3 is 9.64 Å². The van der Waals surface area contributed by atoms with Gasteiger partial charge in [0, 0.05) is 24.6 Å². The predicted octanol–water partition coefficient (Wildman–Crippen LogP) is 3.48. The van der Waals surface area contributed by atoms with Gasteiger partial charge in [-0.05, 0) is 42.7 Å². The normalized spacial score (nSPS) is 27.9. The molecule has 0 saturated carbocycles. The van der Waals surface area contributed by atoms with E-state index in [9.17, 15) is 4.79 Å². The number of carbonyl (C=O) groups is 1. The molecular weight excluding hydrogens is 274 g/mol. The Labute approximate surface area is 130 Å². The predicted molar refractivity (Wildman–Crippen MR) is 86.9 cm³/mol. The van der Waals surface area contributed by atoms with Crippen LogP contribution < -0.4 is 0 Å². The van der Waals surface area contributed by atoms with Crippen molar-refractivity contribution in [2.45, 2.75) is 32.0 Å². The molecule has 2 aliphatic heterocycles. The highest BCUT2D eigenvalue weighted by Gasteiger charge is 2.38. The van der Waals surface area contributed by atoms with E-state index in [-0.39, 0.29) is 5.91 Å². The van der Waals surface area contributed by atoms with Crippen LogP contribution in [0.4, 0.5) is 0 Å². The Morgan fingerprint density at radius 3 is 2.86 bits per heavy atom. The van der Waals surface area contributed by atoms with Crippen molar-refractivity contribution in [3.05, 3.63) is 48.0 Å². The molecule has 1 amide bonds.